The van der Waals surface area contributed by atoms with Crippen LogP contribution in [0.25, 0.3) is 0 Å². The number of ketones is 1. The molecule has 0 saturated heterocycles. The number of halogens is 2. The molecule has 0 unspecified atom stereocenters. The Balaban J connectivity index is 2.99. The molecule has 0 radical (unpaired) electrons. The van der Waals surface area contributed by atoms with E-state index < -0.39 is 0 Å². The van der Waals surface area contributed by atoms with Crippen LogP contribution in [-0.4, -0.2) is 24.8 Å². The Bertz CT molecular complexity index is 444. The molecule has 78 valence electrons. The van der Waals surface area contributed by atoms with Gasteiger partial charge in [-0.25, -0.2) is 0 Å². The maximum absolute atomic E-state index is 11.6. The summed E-state index contributed by atoms with van der Waals surface area (Å²) in [6.45, 7) is 0. The van der Waals surface area contributed by atoms with Crippen LogP contribution in [-0.2, 0) is 0 Å². The molecule has 0 aromatic heterocycles. The maximum atomic E-state index is 11.6. The fourth-order valence-corrected chi connectivity index (χ4v) is 1.40. The van der Waals surface area contributed by atoms with E-state index in [1.807, 2.05) is 0 Å². The highest BCUT2D eigenvalue weighted by Gasteiger charge is 2.07. The Labute approximate surface area is 98.8 Å². The second-order valence-corrected chi connectivity index (χ2v) is 3.93. The van der Waals surface area contributed by atoms with Gasteiger partial charge in [-0.15, -0.1) is 0 Å². The van der Waals surface area contributed by atoms with E-state index in [0.29, 0.717) is 15.6 Å². The van der Waals surface area contributed by atoms with Crippen LogP contribution >= 0.6 is 23.2 Å². The fraction of sp³-hybridized carbons (Fsp3) is 0.182. The molecule has 1 rings (SSSR count). The molecule has 0 aliphatic rings. The van der Waals surface area contributed by atoms with Gasteiger partial charge in [0, 0.05) is 30.7 Å². The van der Waals surface area contributed by atoms with Crippen molar-refractivity contribution in [3.63, 3.8) is 0 Å². The highest BCUT2D eigenvalue weighted by molar-refractivity contribution is 6.37. The van der Waals surface area contributed by atoms with E-state index >= 15 is 0 Å². The summed E-state index contributed by atoms with van der Waals surface area (Å²) >= 11 is 11.6. The van der Waals surface area contributed by atoms with E-state index in [4.69, 9.17) is 23.2 Å². The Morgan fingerprint density at radius 3 is 2.53 bits per heavy atom. The van der Waals surface area contributed by atoms with Gasteiger partial charge in [0.25, 0.3) is 0 Å². The second-order valence-electron chi connectivity index (χ2n) is 3.08. The van der Waals surface area contributed by atoms with Gasteiger partial charge in [-0.1, -0.05) is 23.2 Å². The summed E-state index contributed by atoms with van der Waals surface area (Å²) in [5.74, 6) is 2.15. The Kier molecular flexibility index (Phi) is 4.02. The van der Waals surface area contributed by atoms with Crippen LogP contribution in [0.4, 0.5) is 0 Å². The average molecular weight is 242 g/mol. The van der Waals surface area contributed by atoms with Gasteiger partial charge >= 0.3 is 0 Å². The first-order valence-corrected chi connectivity index (χ1v) is 4.94. The van der Waals surface area contributed by atoms with Crippen molar-refractivity contribution < 1.29 is 4.79 Å². The lowest BCUT2D eigenvalue weighted by Gasteiger charge is -2.00. The molecule has 0 N–H and O–H groups in total. The van der Waals surface area contributed by atoms with Crippen molar-refractivity contribution in [1.82, 2.24) is 4.90 Å². The van der Waals surface area contributed by atoms with Crippen LogP contribution in [0.2, 0.25) is 10.0 Å². The SMILES string of the molecule is CN(C)C#CC(=O)c1ccc(Cl)cc1Cl. The van der Waals surface area contributed by atoms with Gasteiger partial charge in [-0.05, 0) is 24.1 Å². The van der Waals surface area contributed by atoms with Gasteiger partial charge in [0.05, 0.1) is 5.02 Å². The van der Waals surface area contributed by atoms with Gasteiger partial charge in [0.2, 0.25) is 5.78 Å². The average Bonchev–Trinajstić information content (AvgIpc) is 2.14. The smallest absolute Gasteiger partial charge is 0.239 e. The van der Waals surface area contributed by atoms with Crippen molar-refractivity contribution in [2.24, 2.45) is 0 Å². The standard InChI is InChI=1S/C11H9Cl2NO/c1-14(2)6-5-11(15)9-4-3-8(12)7-10(9)13/h3-4,7H,1-2H3. The van der Waals surface area contributed by atoms with Crippen LogP contribution in [0.5, 0.6) is 0 Å². The largest absolute Gasteiger partial charge is 0.338 e. The molecular formula is C11H9Cl2NO. The summed E-state index contributed by atoms with van der Waals surface area (Å²) in [6, 6.07) is 7.33. The minimum Gasteiger partial charge on any atom is -0.338 e. The molecule has 0 atom stereocenters. The van der Waals surface area contributed by atoms with Gasteiger partial charge in [-0.3, -0.25) is 4.79 Å². The first-order valence-electron chi connectivity index (χ1n) is 4.19. The molecule has 1 aromatic carbocycles. The zero-order valence-corrected chi connectivity index (χ0v) is 9.86. The highest BCUT2D eigenvalue weighted by Crippen LogP contribution is 2.20. The highest BCUT2D eigenvalue weighted by atomic mass is 35.5. The molecule has 0 fully saturated rings. The Morgan fingerprint density at radius 2 is 2.00 bits per heavy atom. The van der Waals surface area contributed by atoms with E-state index in [0.717, 1.165) is 0 Å². The maximum Gasteiger partial charge on any atom is 0.239 e. The molecule has 0 heterocycles. The number of carbonyl (C=O) groups excluding carboxylic acids is 1. The first-order chi connectivity index (χ1) is 7.00. The van der Waals surface area contributed by atoms with Crippen molar-refractivity contribution >= 4 is 29.0 Å². The molecule has 0 amide bonds. The molecule has 0 spiro atoms. The third-order valence-corrected chi connectivity index (χ3v) is 2.12. The molecule has 1 aromatic rings. The van der Waals surface area contributed by atoms with E-state index in [1.54, 1.807) is 31.1 Å². The predicted octanol–water partition coefficient (Wildman–Crippen LogP) is 2.70. The van der Waals surface area contributed by atoms with E-state index in [9.17, 15) is 4.79 Å². The minimum absolute atomic E-state index is 0.314. The molecule has 0 saturated carbocycles. The zero-order chi connectivity index (χ0) is 11.4. The summed E-state index contributed by atoms with van der Waals surface area (Å²) in [7, 11) is 3.51. The number of carbonyl (C=O) groups is 1. The lowest BCUT2D eigenvalue weighted by molar-refractivity contribution is 0.105. The first kappa shape index (κ1) is 11.9. The zero-order valence-electron chi connectivity index (χ0n) is 8.34. The topological polar surface area (TPSA) is 20.3 Å². The molecule has 15 heavy (non-hydrogen) atoms. The van der Waals surface area contributed by atoms with Crippen molar-refractivity contribution in [2.45, 2.75) is 0 Å². The summed E-state index contributed by atoms with van der Waals surface area (Å²) < 4.78 is 0. The number of nitrogens with zero attached hydrogens (tertiary/aromatic N) is 1. The van der Waals surface area contributed by atoms with Crippen molar-refractivity contribution in [3.8, 4) is 12.0 Å². The Morgan fingerprint density at radius 1 is 1.33 bits per heavy atom. The third-order valence-electron chi connectivity index (χ3n) is 1.57. The molecule has 4 heteroatoms. The summed E-state index contributed by atoms with van der Waals surface area (Å²) in [5, 5.41) is 0.817. The number of Topliss-reactive ketones (excluding diaryl/α,β-unsaturated/α-hetero) is 1. The number of hydrogen-bond donors (Lipinski definition) is 0. The predicted molar refractivity (Wildman–Crippen MR) is 62.3 cm³/mol. The van der Waals surface area contributed by atoms with Crippen molar-refractivity contribution in [2.75, 3.05) is 14.1 Å². The monoisotopic (exact) mass is 241 g/mol. The van der Waals surface area contributed by atoms with Gasteiger partial charge in [-0.2, -0.15) is 0 Å². The van der Waals surface area contributed by atoms with E-state index in [2.05, 4.69) is 12.0 Å². The number of benzene rings is 1. The summed E-state index contributed by atoms with van der Waals surface area (Å²) in [5.41, 5.74) is 0.371. The van der Waals surface area contributed by atoms with Crippen LogP contribution in [0.1, 0.15) is 10.4 Å². The second kappa shape index (κ2) is 5.06. The van der Waals surface area contributed by atoms with Gasteiger partial charge in [0.15, 0.2) is 0 Å². The molecule has 0 bridgehead atoms. The molecule has 0 aliphatic heterocycles. The van der Waals surface area contributed by atoms with Crippen molar-refractivity contribution in [1.29, 1.82) is 0 Å². The lowest BCUT2D eigenvalue weighted by Crippen LogP contribution is -2.04. The Hall–Kier alpha value is -1.17. The summed E-state index contributed by atoms with van der Waals surface area (Å²) in [4.78, 5) is 13.2. The minimum atomic E-state index is -0.314. The van der Waals surface area contributed by atoms with Gasteiger partial charge in [0.1, 0.15) is 0 Å². The summed E-state index contributed by atoms with van der Waals surface area (Å²) in [6.07, 6.45) is 0. The number of hydrogen-bond acceptors (Lipinski definition) is 2. The van der Waals surface area contributed by atoms with Crippen LogP contribution in [0.3, 0.4) is 0 Å². The van der Waals surface area contributed by atoms with Crippen molar-refractivity contribution in [3.05, 3.63) is 33.8 Å². The normalized spacial score (nSPS) is 9.07. The fourth-order valence-electron chi connectivity index (χ4n) is 0.904. The van der Waals surface area contributed by atoms with E-state index in [1.165, 1.54) is 6.07 Å². The van der Waals surface area contributed by atoms with Crippen LogP contribution in [0, 0.1) is 12.0 Å². The van der Waals surface area contributed by atoms with Gasteiger partial charge < -0.3 is 4.90 Å². The lowest BCUT2D eigenvalue weighted by atomic mass is 10.1. The van der Waals surface area contributed by atoms with E-state index in [-0.39, 0.29) is 5.78 Å². The molecular weight excluding hydrogens is 233 g/mol. The molecule has 2 nitrogen and oxygen atoms in total. The number of rotatable bonds is 1. The molecule has 0 aliphatic carbocycles. The third kappa shape index (κ3) is 3.47. The van der Waals surface area contributed by atoms with Crippen LogP contribution in [0.15, 0.2) is 18.2 Å². The quantitative estimate of drug-likeness (QED) is 0.428. The van der Waals surface area contributed by atoms with Crippen LogP contribution < -0.4 is 0 Å².